The molecule has 0 radical (unpaired) electrons. The first-order chi connectivity index (χ1) is 12.8. The molecule has 0 aromatic rings. The Morgan fingerprint density at radius 1 is 0.846 bits per heavy atom. The number of hydrogen-bond acceptors (Lipinski definition) is 3. The molecular weight excluding hydrogens is 322 g/mol. The highest BCUT2D eigenvalue weighted by molar-refractivity contribution is 5.77. The molecule has 0 atom stereocenters. The number of piperidine rings is 1. The molecule has 26 heavy (non-hydrogen) atoms. The minimum absolute atomic E-state index is 0.421. The van der Waals surface area contributed by atoms with Crippen molar-refractivity contribution in [2.24, 2.45) is 0 Å². The van der Waals surface area contributed by atoms with Crippen LogP contribution in [0.4, 0.5) is 0 Å². The Morgan fingerprint density at radius 2 is 1.31 bits per heavy atom. The lowest BCUT2D eigenvalue weighted by Crippen LogP contribution is -2.37. The Bertz CT molecular complexity index is 249. The summed E-state index contributed by atoms with van der Waals surface area (Å²) in [5.74, 6) is 0.421. The van der Waals surface area contributed by atoms with E-state index in [1.807, 2.05) is 55.6 Å². The van der Waals surface area contributed by atoms with Crippen LogP contribution in [-0.2, 0) is 9.53 Å². The van der Waals surface area contributed by atoms with Gasteiger partial charge in [-0.2, -0.15) is 0 Å². The van der Waals surface area contributed by atoms with Crippen molar-refractivity contribution >= 4 is 5.78 Å². The van der Waals surface area contributed by atoms with Crippen molar-refractivity contribution in [2.75, 3.05) is 26.7 Å². The Labute approximate surface area is 166 Å². The van der Waals surface area contributed by atoms with Gasteiger partial charge in [-0.15, -0.1) is 0 Å². The van der Waals surface area contributed by atoms with Crippen LogP contribution in [-0.4, -0.2) is 43.5 Å². The molecule has 0 N–H and O–H groups in total. The van der Waals surface area contributed by atoms with Crippen LogP contribution in [0.15, 0.2) is 0 Å². The van der Waals surface area contributed by atoms with Crippen molar-refractivity contribution in [3.8, 4) is 0 Å². The molecule has 0 bridgehead atoms. The molecule has 3 heteroatoms. The number of hydrogen-bond donors (Lipinski definition) is 0. The molecule has 0 spiro atoms. The highest BCUT2D eigenvalue weighted by Gasteiger charge is 2.17. The predicted molar refractivity (Wildman–Crippen MR) is 118 cm³/mol. The number of ether oxygens (including phenoxy) is 1. The lowest BCUT2D eigenvalue weighted by atomic mass is 10.1. The zero-order chi connectivity index (χ0) is 20.6. The number of unbranched alkanes of at least 4 members (excludes halogenated alkanes) is 5. The fourth-order valence-electron chi connectivity index (χ4n) is 2.91. The van der Waals surface area contributed by atoms with Gasteiger partial charge in [-0.1, -0.05) is 74.1 Å². The van der Waals surface area contributed by atoms with Gasteiger partial charge in [0.15, 0.2) is 0 Å². The quantitative estimate of drug-likeness (QED) is 0.369. The summed E-state index contributed by atoms with van der Waals surface area (Å²) in [4.78, 5) is 13.7. The smallest absolute Gasteiger partial charge is 0.132 e. The lowest BCUT2D eigenvalue weighted by Gasteiger charge is -2.31. The van der Waals surface area contributed by atoms with Crippen LogP contribution in [0.2, 0.25) is 0 Å². The summed E-state index contributed by atoms with van der Waals surface area (Å²) in [5, 5.41) is 0. The first-order valence-electron chi connectivity index (χ1n) is 11.5. The second-order valence-electron chi connectivity index (χ2n) is 6.04. The van der Waals surface area contributed by atoms with Gasteiger partial charge in [0.25, 0.3) is 0 Å². The van der Waals surface area contributed by atoms with Crippen LogP contribution in [0.3, 0.4) is 0 Å². The molecule has 0 aliphatic carbocycles. The number of methoxy groups -OCH3 is 1. The summed E-state index contributed by atoms with van der Waals surface area (Å²) in [5.41, 5.74) is 0. The van der Waals surface area contributed by atoms with Crippen molar-refractivity contribution in [2.45, 2.75) is 119 Å². The summed E-state index contributed by atoms with van der Waals surface area (Å²) in [6, 6.07) is 0. The fraction of sp³-hybridized carbons (Fsp3) is 0.957. The van der Waals surface area contributed by atoms with Gasteiger partial charge in [-0.3, -0.25) is 4.79 Å². The van der Waals surface area contributed by atoms with E-state index in [1.165, 1.54) is 64.6 Å². The number of ketones is 1. The van der Waals surface area contributed by atoms with Gasteiger partial charge in [-0.05, 0) is 32.2 Å². The van der Waals surface area contributed by atoms with Crippen LogP contribution >= 0.6 is 0 Å². The Hall–Kier alpha value is -0.410. The molecule has 1 saturated heterocycles. The topological polar surface area (TPSA) is 29.5 Å². The molecule has 0 unspecified atom stereocenters. The number of likely N-dealkylation sites (tertiary alicyclic amines) is 1. The van der Waals surface area contributed by atoms with Crippen molar-refractivity contribution < 1.29 is 9.53 Å². The lowest BCUT2D eigenvalue weighted by molar-refractivity contribution is -0.118. The molecule has 1 rings (SSSR count). The van der Waals surface area contributed by atoms with Crippen LogP contribution < -0.4 is 0 Å². The third-order valence-corrected chi connectivity index (χ3v) is 4.44. The van der Waals surface area contributed by atoms with E-state index >= 15 is 0 Å². The van der Waals surface area contributed by atoms with Crippen LogP contribution in [0.5, 0.6) is 0 Å². The van der Waals surface area contributed by atoms with E-state index in [4.69, 9.17) is 4.74 Å². The predicted octanol–water partition coefficient (Wildman–Crippen LogP) is 6.89. The van der Waals surface area contributed by atoms with E-state index in [0.29, 0.717) is 18.3 Å². The van der Waals surface area contributed by atoms with Gasteiger partial charge in [0.2, 0.25) is 0 Å². The number of rotatable bonds is 11. The maximum atomic E-state index is 11.2. The molecule has 1 heterocycles. The van der Waals surface area contributed by atoms with E-state index < -0.39 is 0 Å². The molecule has 0 aromatic carbocycles. The van der Waals surface area contributed by atoms with Crippen molar-refractivity contribution in [1.82, 2.24) is 4.90 Å². The van der Waals surface area contributed by atoms with E-state index in [9.17, 15) is 4.79 Å². The summed E-state index contributed by atoms with van der Waals surface area (Å²) in [6.07, 6.45) is 12.0. The number of nitrogens with zero attached hydrogens (tertiary/aromatic N) is 1. The third-order valence-electron chi connectivity index (χ3n) is 4.44. The summed E-state index contributed by atoms with van der Waals surface area (Å²) in [6.45, 7) is 17.6. The van der Waals surface area contributed by atoms with Gasteiger partial charge in [0.1, 0.15) is 5.78 Å². The zero-order valence-corrected chi connectivity index (χ0v) is 19.5. The van der Waals surface area contributed by atoms with Gasteiger partial charge in [0.05, 0.1) is 6.10 Å². The number of Topliss-reactive ketones (excluding diaryl/α,β-unsaturated/α-hetero) is 1. The highest BCUT2D eigenvalue weighted by atomic mass is 16.5. The Kier molecular flexibility index (Phi) is 31.3. The monoisotopic (exact) mass is 373 g/mol. The Balaban J connectivity index is -0.000000795. The average Bonchev–Trinajstić information content (AvgIpc) is 2.74. The minimum Gasteiger partial charge on any atom is -0.381 e. The molecule has 1 aliphatic heterocycles. The highest BCUT2D eigenvalue weighted by Crippen LogP contribution is 2.14. The maximum absolute atomic E-state index is 11.2. The molecule has 0 aromatic heterocycles. The fourth-order valence-corrected chi connectivity index (χ4v) is 2.91. The van der Waals surface area contributed by atoms with Crippen molar-refractivity contribution in [1.29, 1.82) is 0 Å². The van der Waals surface area contributed by atoms with Crippen LogP contribution in [0, 0.1) is 0 Å². The molecule has 1 aliphatic rings. The Morgan fingerprint density at radius 3 is 1.77 bits per heavy atom. The largest absolute Gasteiger partial charge is 0.381 e. The van der Waals surface area contributed by atoms with E-state index in [0.717, 1.165) is 12.8 Å². The summed E-state index contributed by atoms with van der Waals surface area (Å²) >= 11 is 0. The molecule has 160 valence electrons. The standard InChI is InChI=1S/C17H33NO2.3C2H6/c1-3-16(19)10-8-6-4-5-7-9-13-18-14-11-17(20-2)12-15-18;3*1-2/h17H,3-15H2,1-2H3;3*1-2H3. The third kappa shape index (κ3) is 19.9. The van der Waals surface area contributed by atoms with Crippen molar-refractivity contribution in [3.63, 3.8) is 0 Å². The van der Waals surface area contributed by atoms with Gasteiger partial charge in [0, 0.05) is 33.0 Å². The minimum atomic E-state index is 0.421. The summed E-state index contributed by atoms with van der Waals surface area (Å²) in [7, 11) is 1.83. The van der Waals surface area contributed by atoms with Gasteiger partial charge >= 0.3 is 0 Å². The van der Waals surface area contributed by atoms with Crippen LogP contribution in [0.1, 0.15) is 113 Å². The zero-order valence-electron chi connectivity index (χ0n) is 19.5. The molecule has 1 fully saturated rings. The number of carbonyl (C=O) groups excluding carboxylic acids is 1. The first kappa shape index (κ1) is 30.3. The first-order valence-corrected chi connectivity index (χ1v) is 11.5. The molecule has 0 saturated carbocycles. The van der Waals surface area contributed by atoms with Crippen molar-refractivity contribution in [3.05, 3.63) is 0 Å². The van der Waals surface area contributed by atoms with E-state index in [-0.39, 0.29) is 0 Å². The SMILES string of the molecule is CC.CC.CC.CCC(=O)CCCCCCCCN1CCC(OC)CC1. The van der Waals surface area contributed by atoms with Crippen LogP contribution in [0.25, 0.3) is 0 Å². The second kappa shape index (κ2) is 26.8. The molecular formula is C23H51NO2. The van der Waals surface area contributed by atoms with E-state index in [2.05, 4.69) is 4.90 Å². The molecule has 3 nitrogen and oxygen atoms in total. The normalized spacial score (nSPS) is 14.2. The summed E-state index contributed by atoms with van der Waals surface area (Å²) < 4.78 is 5.39. The maximum Gasteiger partial charge on any atom is 0.132 e. The van der Waals surface area contributed by atoms with E-state index in [1.54, 1.807) is 0 Å². The molecule has 0 amide bonds. The van der Waals surface area contributed by atoms with Gasteiger partial charge in [-0.25, -0.2) is 0 Å². The van der Waals surface area contributed by atoms with Gasteiger partial charge < -0.3 is 9.64 Å². The average molecular weight is 374 g/mol. The number of carbonyl (C=O) groups is 1. The second-order valence-corrected chi connectivity index (χ2v) is 6.04.